The molecule has 0 aromatic carbocycles. The van der Waals surface area contributed by atoms with Gasteiger partial charge in [0.25, 0.3) is 18.8 Å². The number of nitrogens with one attached hydrogen (secondary N) is 1. The molecule has 0 fully saturated rings. The van der Waals surface area contributed by atoms with E-state index >= 15 is 0 Å². The number of hydrogen-bond acceptors (Lipinski definition) is 4. The molecule has 7 nitrogen and oxygen atoms in total. The maximum atomic E-state index is 13.1. The van der Waals surface area contributed by atoms with E-state index in [1.165, 1.54) is 10.9 Å². The van der Waals surface area contributed by atoms with Gasteiger partial charge in [-0.1, -0.05) is 0 Å². The fourth-order valence-corrected chi connectivity index (χ4v) is 2.20. The van der Waals surface area contributed by atoms with Crippen molar-refractivity contribution in [3.63, 3.8) is 0 Å². The summed E-state index contributed by atoms with van der Waals surface area (Å²) in [5, 5.41) is 10.2. The van der Waals surface area contributed by atoms with Gasteiger partial charge in [-0.15, -0.1) is 0 Å². The Morgan fingerprint density at radius 2 is 1.92 bits per heavy atom. The molecule has 3 rings (SSSR count). The zero-order valence-electron chi connectivity index (χ0n) is 13.0. The Balaban J connectivity index is 2.01. The van der Waals surface area contributed by atoms with Crippen molar-refractivity contribution in [1.29, 1.82) is 0 Å². The Labute approximate surface area is 138 Å². The van der Waals surface area contributed by atoms with Gasteiger partial charge >= 0.3 is 0 Å². The van der Waals surface area contributed by atoms with Gasteiger partial charge in [-0.2, -0.15) is 10.2 Å². The lowest BCUT2D eigenvalue weighted by Crippen LogP contribution is -2.13. The number of nitrogens with zero attached hydrogens (tertiary/aromatic N) is 5. The van der Waals surface area contributed by atoms with Gasteiger partial charge in [0.1, 0.15) is 11.4 Å². The standard InChI is InChI=1S/C14H12F4N6O/c1-6-9(5-19-23(6)2)21-14(25)8-4-11-20-7(12(15)16)3-10(13(17)18)24(11)22-8/h3-5,12-13H,1-2H3,(H,21,25). The maximum absolute atomic E-state index is 13.1. The number of halogens is 4. The van der Waals surface area contributed by atoms with Gasteiger partial charge in [-0.25, -0.2) is 27.1 Å². The van der Waals surface area contributed by atoms with Crippen LogP contribution in [0.1, 0.15) is 40.4 Å². The largest absolute Gasteiger partial charge is 0.318 e. The highest BCUT2D eigenvalue weighted by Gasteiger charge is 2.22. The average molecular weight is 356 g/mol. The topological polar surface area (TPSA) is 77.1 Å². The molecule has 0 aliphatic heterocycles. The quantitative estimate of drug-likeness (QED) is 0.729. The van der Waals surface area contributed by atoms with Crippen molar-refractivity contribution in [1.82, 2.24) is 24.4 Å². The number of amides is 1. The SMILES string of the molecule is Cc1c(NC(=O)c2cc3nc(C(F)F)cc(C(F)F)n3n2)cnn1C. The minimum Gasteiger partial charge on any atom is -0.318 e. The predicted molar refractivity (Wildman–Crippen MR) is 78.8 cm³/mol. The van der Waals surface area contributed by atoms with Gasteiger partial charge in [0.05, 0.1) is 17.6 Å². The van der Waals surface area contributed by atoms with Gasteiger partial charge in [-0.3, -0.25) is 9.48 Å². The summed E-state index contributed by atoms with van der Waals surface area (Å²) in [7, 11) is 1.68. The van der Waals surface area contributed by atoms with Crippen LogP contribution >= 0.6 is 0 Å². The van der Waals surface area contributed by atoms with Crippen molar-refractivity contribution >= 4 is 17.2 Å². The van der Waals surface area contributed by atoms with Crippen molar-refractivity contribution in [2.75, 3.05) is 5.32 Å². The van der Waals surface area contributed by atoms with Crippen LogP contribution in [0, 0.1) is 6.92 Å². The number of anilines is 1. The average Bonchev–Trinajstić information content (AvgIpc) is 3.12. The lowest BCUT2D eigenvalue weighted by atomic mass is 10.3. The molecule has 0 saturated carbocycles. The highest BCUT2D eigenvalue weighted by Crippen LogP contribution is 2.25. The van der Waals surface area contributed by atoms with Crippen LogP contribution in [-0.4, -0.2) is 30.3 Å². The first-order valence-electron chi connectivity index (χ1n) is 7.04. The minimum absolute atomic E-state index is 0.232. The molecular weight excluding hydrogens is 344 g/mol. The summed E-state index contributed by atoms with van der Waals surface area (Å²) in [6.07, 6.45) is -4.66. The Morgan fingerprint density at radius 3 is 2.48 bits per heavy atom. The molecule has 1 amide bonds. The summed E-state index contributed by atoms with van der Waals surface area (Å²) >= 11 is 0. The van der Waals surface area contributed by atoms with E-state index in [-0.39, 0.29) is 11.3 Å². The van der Waals surface area contributed by atoms with E-state index in [4.69, 9.17) is 0 Å². The maximum Gasteiger partial charge on any atom is 0.280 e. The molecular formula is C14H12F4N6O. The van der Waals surface area contributed by atoms with Gasteiger partial charge in [0, 0.05) is 13.1 Å². The van der Waals surface area contributed by atoms with Crippen LogP contribution in [0.4, 0.5) is 23.2 Å². The van der Waals surface area contributed by atoms with Crippen LogP contribution < -0.4 is 5.32 Å². The molecule has 0 radical (unpaired) electrons. The summed E-state index contributed by atoms with van der Waals surface area (Å²) in [4.78, 5) is 15.8. The summed E-state index contributed by atoms with van der Waals surface area (Å²) in [5.74, 6) is -0.694. The molecule has 0 aliphatic carbocycles. The molecule has 3 aromatic rings. The summed E-state index contributed by atoms with van der Waals surface area (Å²) in [5.41, 5.74) is -0.983. The number of fused-ring (bicyclic) bond motifs is 1. The highest BCUT2D eigenvalue weighted by atomic mass is 19.3. The van der Waals surface area contributed by atoms with Crippen molar-refractivity contribution in [2.45, 2.75) is 19.8 Å². The second-order valence-electron chi connectivity index (χ2n) is 5.23. The molecule has 0 spiro atoms. The third kappa shape index (κ3) is 3.04. The van der Waals surface area contributed by atoms with Gasteiger partial charge in [0.15, 0.2) is 11.3 Å². The van der Waals surface area contributed by atoms with Crippen molar-refractivity contribution in [3.05, 3.63) is 41.1 Å². The normalized spacial score (nSPS) is 11.7. The van der Waals surface area contributed by atoms with E-state index in [2.05, 4.69) is 20.5 Å². The third-order valence-corrected chi connectivity index (χ3v) is 3.64. The molecule has 132 valence electrons. The van der Waals surface area contributed by atoms with Crippen LogP contribution in [0.2, 0.25) is 0 Å². The van der Waals surface area contributed by atoms with E-state index in [0.29, 0.717) is 22.0 Å². The molecule has 3 aromatic heterocycles. The molecule has 0 saturated heterocycles. The Bertz CT molecular complexity index is 948. The van der Waals surface area contributed by atoms with E-state index in [1.807, 2.05) is 0 Å². The highest BCUT2D eigenvalue weighted by molar-refractivity contribution is 6.03. The van der Waals surface area contributed by atoms with Crippen LogP contribution in [-0.2, 0) is 7.05 Å². The van der Waals surface area contributed by atoms with Crippen LogP contribution in [0.15, 0.2) is 18.3 Å². The molecule has 25 heavy (non-hydrogen) atoms. The predicted octanol–water partition coefficient (Wildman–Crippen LogP) is 2.90. The van der Waals surface area contributed by atoms with Crippen molar-refractivity contribution < 1.29 is 22.4 Å². The first-order chi connectivity index (χ1) is 11.8. The molecule has 0 bridgehead atoms. The number of carbonyl (C=O) groups is 1. The number of hydrogen-bond donors (Lipinski definition) is 1. The first kappa shape index (κ1) is 16.9. The van der Waals surface area contributed by atoms with Crippen molar-refractivity contribution in [3.8, 4) is 0 Å². The first-order valence-corrected chi connectivity index (χ1v) is 7.04. The van der Waals surface area contributed by atoms with Gasteiger partial charge in [0.2, 0.25) is 0 Å². The molecule has 11 heteroatoms. The Hall–Kier alpha value is -2.98. The van der Waals surface area contributed by atoms with Crippen LogP contribution in [0.25, 0.3) is 5.65 Å². The Kier molecular flexibility index (Phi) is 4.15. The van der Waals surface area contributed by atoms with Gasteiger partial charge in [-0.05, 0) is 13.0 Å². The smallest absolute Gasteiger partial charge is 0.280 e. The van der Waals surface area contributed by atoms with Crippen LogP contribution in [0.5, 0.6) is 0 Å². The Morgan fingerprint density at radius 1 is 1.20 bits per heavy atom. The number of carbonyl (C=O) groups excluding carboxylic acids is 1. The zero-order valence-corrected chi connectivity index (χ0v) is 13.0. The summed E-state index contributed by atoms with van der Waals surface area (Å²) < 4.78 is 54.1. The minimum atomic E-state index is -3.06. The van der Waals surface area contributed by atoms with Gasteiger partial charge < -0.3 is 5.32 Å². The third-order valence-electron chi connectivity index (χ3n) is 3.64. The van der Waals surface area contributed by atoms with E-state index < -0.39 is 30.1 Å². The second kappa shape index (κ2) is 6.15. The molecule has 0 unspecified atom stereocenters. The van der Waals surface area contributed by atoms with Crippen LogP contribution in [0.3, 0.4) is 0 Å². The lowest BCUT2D eigenvalue weighted by Gasteiger charge is -2.06. The number of alkyl halides is 4. The molecule has 0 aliphatic rings. The van der Waals surface area contributed by atoms with Crippen molar-refractivity contribution in [2.24, 2.45) is 7.05 Å². The number of rotatable bonds is 4. The zero-order chi connectivity index (χ0) is 18.3. The number of aromatic nitrogens is 5. The fourth-order valence-electron chi connectivity index (χ4n) is 2.20. The van der Waals surface area contributed by atoms with E-state index in [0.717, 1.165) is 6.07 Å². The molecule has 1 N–H and O–H groups in total. The van der Waals surface area contributed by atoms with E-state index in [9.17, 15) is 22.4 Å². The lowest BCUT2D eigenvalue weighted by molar-refractivity contribution is 0.102. The summed E-state index contributed by atoms with van der Waals surface area (Å²) in [6.45, 7) is 1.72. The fraction of sp³-hybridized carbons (Fsp3) is 0.286. The molecule has 3 heterocycles. The second-order valence-corrected chi connectivity index (χ2v) is 5.23. The number of aryl methyl sites for hydroxylation is 1. The molecule has 0 atom stereocenters. The monoisotopic (exact) mass is 356 g/mol. The summed E-state index contributed by atoms with van der Waals surface area (Å²) in [6, 6.07) is 1.64. The van der Waals surface area contributed by atoms with E-state index in [1.54, 1.807) is 14.0 Å².